The maximum atomic E-state index is 11.3. The summed E-state index contributed by atoms with van der Waals surface area (Å²) in [5.41, 5.74) is -0.0211. The molecular weight excluding hydrogens is 282 g/mol. The lowest BCUT2D eigenvalue weighted by Gasteiger charge is -2.08. The Morgan fingerprint density at radius 1 is 1.20 bits per heavy atom. The van der Waals surface area contributed by atoms with Crippen molar-refractivity contribution in [2.45, 2.75) is 4.90 Å². The highest BCUT2D eigenvalue weighted by molar-refractivity contribution is 7.90. The third-order valence-corrected chi connectivity index (χ3v) is 3.62. The molecule has 1 heterocycles. The minimum atomic E-state index is -3.28. The summed E-state index contributed by atoms with van der Waals surface area (Å²) in [6.07, 6.45) is 3.74. The molecule has 0 atom stereocenters. The molecule has 0 spiro atoms. The first-order chi connectivity index (χ1) is 9.38. The van der Waals surface area contributed by atoms with E-state index in [1.807, 2.05) is 0 Å². The number of pyridine rings is 1. The van der Waals surface area contributed by atoms with Gasteiger partial charge >= 0.3 is 5.97 Å². The van der Waals surface area contributed by atoms with Crippen LogP contribution in [0.15, 0.2) is 47.6 Å². The normalized spacial score (nSPS) is 11.1. The molecule has 0 unspecified atom stereocenters. The van der Waals surface area contributed by atoms with Crippen molar-refractivity contribution in [1.82, 2.24) is 4.98 Å². The predicted octanol–water partition coefficient (Wildman–Crippen LogP) is 1.98. The molecule has 0 fully saturated rings. The molecule has 1 aromatic heterocycles. The van der Waals surface area contributed by atoms with Crippen LogP contribution in [-0.4, -0.2) is 30.7 Å². The third kappa shape index (κ3) is 3.12. The van der Waals surface area contributed by atoms with Crippen LogP contribution in [0.25, 0.3) is 0 Å². The van der Waals surface area contributed by atoms with E-state index in [4.69, 9.17) is 9.84 Å². The first-order valence-corrected chi connectivity index (χ1v) is 7.42. The van der Waals surface area contributed by atoms with E-state index in [2.05, 4.69) is 4.98 Å². The molecule has 0 aliphatic carbocycles. The Balaban J connectivity index is 2.30. The van der Waals surface area contributed by atoms with Crippen LogP contribution in [-0.2, 0) is 9.84 Å². The third-order valence-electron chi connectivity index (χ3n) is 2.49. The number of carbonyl (C=O) groups is 1. The fourth-order valence-corrected chi connectivity index (χ4v) is 2.15. The molecule has 104 valence electrons. The number of aromatic carboxylic acids is 1. The summed E-state index contributed by atoms with van der Waals surface area (Å²) in [7, 11) is -3.28. The zero-order chi connectivity index (χ0) is 14.8. The molecule has 0 saturated carbocycles. The summed E-state index contributed by atoms with van der Waals surface area (Å²) in [6.45, 7) is 0. The molecule has 0 aliphatic rings. The van der Waals surface area contributed by atoms with Gasteiger partial charge in [0.1, 0.15) is 11.3 Å². The van der Waals surface area contributed by atoms with Gasteiger partial charge in [0.05, 0.1) is 11.1 Å². The van der Waals surface area contributed by atoms with Gasteiger partial charge in [0.2, 0.25) is 0 Å². The van der Waals surface area contributed by atoms with Crippen molar-refractivity contribution in [2.75, 3.05) is 6.26 Å². The molecule has 1 aromatic carbocycles. The topological polar surface area (TPSA) is 93.6 Å². The van der Waals surface area contributed by atoms with Gasteiger partial charge in [-0.15, -0.1) is 0 Å². The average Bonchev–Trinajstić information content (AvgIpc) is 2.38. The van der Waals surface area contributed by atoms with Crippen LogP contribution < -0.4 is 4.74 Å². The lowest BCUT2D eigenvalue weighted by molar-refractivity contribution is 0.0694. The largest absolute Gasteiger partial charge is 0.478 e. The fourth-order valence-electron chi connectivity index (χ4n) is 1.52. The van der Waals surface area contributed by atoms with Crippen LogP contribution in [0.2, 0.25) is 0 Å². The number of carboxylic acids is 1. The van der Waals surface area contributed by atoms with E-state index in [1.165, 1.54) is 42.7 Å². The van der Waals surface area contributed by atoms with Gasteiger partial charge in [-0.3, -0.25) is 4.98 Å². The molecule has 0 radical (unpaired) electrons. The SMILES string of the molecule is CS(=O)(=O)c1ccc(Oc2cnccc2C(=O)O)cc1. The molecule has 0 saturated heterocycles. The molecule has 0 amide bonds. The smallest absolute Gasteiger partial charge is 0.339 e. The van der Waals surface area contributed by atoms with Crippen molar-refractivity contribution in [3.8, 4) is 11.5 Å². The van der Waals surface area contributed by atoms with Gasteiger partial charge in [-0.05, 0) is 30.3 Å². The van der Waals surface area contributed by atoms with Crippen molar-refractivity contribution >= 4 is 15.8 Å². The monoisotopic (exact) mass is 293 g/mol. The van der Waals surface area contributed by atoms with Crippen LogP contribution in [0.4, 0.5) is 0 Å². The van der Waals surface area contributed by atoms with Crippen molar-refractivity contribution < 1.29 is 23.1 Å². The van der Waals surface area contributed by atoms with Gasteiger partial charge in [-0.1, -0.05) is 0 Å². The van der Waals surface area contributed by atoms with Gasteiger partial charge in [0, 0.05) is 12.5 Å². The molecule has 2 rings (SSSR count). The van der Waals surface area contributed by atoms with E-state index >= 15 is 0 Å². The molecule has 2 aromatic rings. The number of hydrogen-bond donors (Lipinski definition) is 1. The zero-order valence-electron chi connectivity index (χ0n) is 10.5. The summed E-state index contributed by atoms with van der Waals surface area (Å²) >= 11 is 0. The van der Waals surface area contributed by atoms with Crippen molar-refractivity contribution in [2.24, 2.45) is 0 Å². The number of aromatic nitrogens is 1. The first-order valence-electron chi connectivity index (χ1n) is 5.53. The Kier molecular flexibility index (Phi) is 3.71. The quantitative estimate of drug-likeness (QED) is 0.926. The number of nitrogens with zero attached hydrogens (tertiary/aromatic N) is 1. The van der Waals surface area contributed by atoms with Crippen molar-refractivity contribution in [3.05, 3.63) is 48.3 Å². The molecule has 0 bridgehead atoms. The number of sulfone groups is 1. The minimum Gasteiger partial charge on any atom is -0.478 e. The summed E-state index contributed by atoms with van der Waals surface area (Å²) in [5, 5.41) is 9.01. The van der Waals surface area contributed by atoms with Gasteiger partial charge in [0.15, 0.2) is 15.6 Å². The Morgan fingerprint density at radius 3 is 2.40 bits per heavy atom. The van der Waals surface area contributed by atoms with Gasteiger partial charge < -0.3 is 9.84 Å². The highest BCUT2D eigenvalue weighted by Gasteiger charge is 2.12. The lowest BCUT2D eigenvalue weighted by Crippen LogP contribution is -2.00. The Bertz CT molecular complexity index is 738. The predicted molar refractivity (Wildman–Crippen MR) is 70.8 cm³/mol. The van der Waals surface area contributed by atoms with Crippen LogP contribution in [0, 0.1) is 0 Å². The summed E-state index contributed by atoms with van der Waals surface area (Å²) in [5.74, 6) is -0.713. The number of hydrogen-bond acceptors (Lipinski definition) is 5. The Labute approximate surface area is 115 Å². The first kappa shape index (κ1) is 14.0. The number of ether oxygens (including phenoxy) is 1. The van der Waals surface area contributed by atoms with Gasteiger partial charge in [0.25, 0.3) is 0 Å². The van der Waals surface area contributed by atoms with Crippen molar-refractivity contribution in [1.29, 1.82) is 0 Å². The number of benzene rings is 1. The molecule has 6 nitrogen and oxygen atoms in total. The summed E-state index contributed by atoms with van der Waals surface area (Å²) in [4.78, 5) is 15.0. The lowest BCUT2D eigenvalue weighted by atomic mass is 10.2. The van der Waals surface area contributed by atoms with E-state index < -0.39 is 15.8 Å². The van der Waals surface area contributed by atoms with Gasteiger partial charge in [-0.2, -0.15) is 0 Å². The number of rotatable bonds is 4. The van der Waals surface area contributed by atoms with Crippen LogP contribution in [0.5, 0.6) is 11.5 Å². The van der Waals surface area contributed by atoms with E-state index in [0.29, 0.717) is 5.75 Å². The van der Waals surface area contributed by atoms with Crippen LogP contribution in [0.3, 0.4) is 0 Å². The fraction of sp³-hybridized carbons (Fsp3) is 0.0769. The minimum absolute atomic E-state index is 0.0211. The maximum Gasteiger partial charge on any atom is 0.339 e. The zero-order valence-corrected chi connectivity index (χ0v) is 11.3. The Hall–Kier alpha value is -2.41. The molecule has 20 heavy (non-hydrogen) atoms. The van der Waals surface area contributed by atoms with E-state index in [0.717, 1.165) is 6.26 Å². The summed E-state index contributed by atoms with van der Waals surface area (Å²) in [6, 6.07) is 7.01. The maximum absolute atomic E-state index is 11.3. The summed E-state index contributed by atoms with van der Waals surface area (Å²) < 4.78 is 28.0. The molecule has 7 heteroatoms. The molecule has 1 N–H and O–H groups in total. The van der Waals surface area contributed by atoms with E-state index in [-0.39, 0.29) is 16.2 Å². The van der Waals surface area contributed by atoms with Crippen LogP contribution in [0.1, 0.15) is 10.4 Å². The second-order valence-corrected chi connectivity index (χ2v) is 6.04. The van der Waals surface area contributed by atoms with Crippen molar-refractivity contribution in [3.63, 3.8) is 0 Å². The second kappa shape index (κ2) is 5.30. The highest BCUT2D eigenvalue weighted by Crippen LogP contribution is 2.25. The van der Waals surface area contributed by atoms with Gasteiger partial charge in [-0.25, -0.2) is 13.2 Å². The number of carboxylic acid groups (broad SMARTS) is 1. The molecular formula is C13H11NO5S. The standard InChI is InChI=1S/C13H11NO5S/c1-20(17,18)10-4-2-9(3-5-10)19-12-8-14-7-6-11(12)13(15)16/h2-8H,1H3,(H,15,16). The van der Waals surface area contributed by atoms with Crippen LogP contribution >= 0.6 is 0 Å². The average molecular weight is 293 g/mol. The highest BCUT2D eigenvalue weighted by atomic mass is 32.2. The second-order valence-electron chi connectivity index (χ2n) is 4.02. The van der Waals surface area contributed by atoms with E-state index in [1.54, 1.807) is 0 Å². The van der Waals surface area contributed by atoms with E-state index in [9.17, 15) is 13.2 Å². The Morgan fingerprint density at radius 2 is 1.85 bits per heavy atom. The molecule has 0 aliphatic heterocycles.